The van der Waals surface area contributed by atoms with Crippen LogP contribution in [0.2, 0.25) is 0 Å². The van der Waals surface area contributed by atoms with Gasteiger partial charge < -0.3 is 5.32 Å². The summed E-state index contributed by atoms with van der Waals surface area (Å²) in [5, 5.41) is 6.65. The number of nitrogens with one attached hydrogen (secondary N) is 2. The Morgan fingerprint density at radius 1 is 1.07 bits per heavy atom. The Hall–Kier alpha value is -3.34. The number of benzene rings is 2. The minimum atomic E-state index is -5.66. The van der Waals surface area contributed by atoms with Crippen molar-refractivity contribution in [3.63, 3.8) is 0 Å². The summed E-state index contributed by atoms with van der Waals surface area (Å²) in [6.07, 6.45) is 3.40. The van der Waals surface area contributed by atoms with E-state index in [-0.39, 0.29) is 5.56 Å². The summed E-state index contributed by atoms with van der Waals surface area (Å²) < 4.78 is 63.8. The summed E-state index contributed by atoms with van der Waals surface area (Å²) in [6.45, 7) is 0.457. The molecule has 0 saturated heterocycles. The predicted molar refractivity (Wildman–Crippen MR) is 101 cm³/mol. The first-order valence-electron chi connectivity index (χ1n) is 8.21. The van der Waals surface area contributed by atoms with Gasteiger partial charge in [0.1, 0.15) is 0 Å². The maximum atomic E-state index is 12.6. The minimum Gasteiger partial charge on any atom is -0.322 e. The van der Waals surface area contributed by atoms with Crippen molar-refractivity contribution in [2.45, 2.75) is 12.1 Å². The normalized spacial score (nSPS) is 11.8. The second-order valence-electron chi connectivity index (χ2n) is 5.95. The van der Waals surface area contributed by atoms with Crippen LogP contribution >= 0.6 is 0 Å². The number of carbonyl (C=O) groups excluding carboxylic acids is 1. The summed E-state index contributed by atoms with van der Waals surface area (Å²) in [5.74, 6) is -0.762. The van der Waals surface area contributed by atoms with Crippen molar-refractivity contribution in [2.24, 2.45) is 0 Å². The average Bonchev–Trinajstić information content (AvgIpc) is 3.14. The molecule has 1 aromatic heterocycles. The molecule has 1 heterocycles. The fraction of sp³-hybridized carbons (Fsp3) is 0.111. The highest BCUT2D eigenvalue weighted by Gasteiger charge is 2.46. The molecule has 2 N–H and O–H groups in total. The zero-order chi connectivity index (χ0) is 21.1. The molecule has 0 aliphatic carbocycles. The number of para-hydroxylation sites is 1. The molecule has 0 unspecified atom stereocenters. The molecular formula is C18H15F3N4O3S. The molecule has 3 rings (SSSR count). The van der Waals surface area contributed by atoms with Crippen LogP contribution in [0.3, 0.4) is 0 Å². The predicted octanol–water partition coefficient (Wildman–Crippen LogP) is 3.45. The fourth-order valence-corrected chi connectivity index (χ4v) is 3.08. The van der Waals surface area contributed by atoms with Crippen molar-refractivity contribution >= 4 is 27.3 Å². The van der Waals surface area contributed by atoms with Crippen molar-refractivity contribution in [1.82, 2.24) is 9.78 Å². The first kappa shape index (κ1) is 20.4. The maximum absolute atomic E-state index is 12.6. The lowest BCUT2D eigenvalue weighted by molar-refractivity contribution is -0.0429. The van der Waals surface area contributed by atoms with Crippen molar-refractivity contribution in [1.29, 1.82) is 0 Å². The number of hydrogen-bond acceptors (Lipinski definition) is 4. The van der Waals surface area contributed by atoms with Crippen molar-refractivity contribution in [3.05, 3.63) is 78.1 Å². The van der Waals surface area contributed by atoms with Crippen molar-refractivity contribution < 1.29 is 26.4 Å². The van der Waals surface area contributed by atoms with Crippen LogP contribution in [0.4, 0.5) is 24.5 Å². The van der Waals surface area contributed by atoms with E-state index in [1.807, 2.05) is 6.07 Å². The van der Waals surface area contributed by atoms with Gasteiger partial charge in [0.05, 0.1) is 17.8 Å². The Kier molecular flexibility index (Phi) is 5.59. The second kappa shape index (κ2) is 7.95. The van der Waals surface area contributed by atoms with Gasteiger partial charge in [0, 0.05) is 18.1 Å². The summed E-state index contributed by atoms with van der Waals surface area (Å²) in [7, 11) is -5.66. The van der Waals surface area contributed by atoms with Gasteiger partial charge >= 0.3 is 15.5 Å². The molecule has 0 bridgehead atoms. The standard InChI is InChI=1S/C18H15F3N4O3S/c19-18(20,21)29(27,28)24-16-8-2-1-7-15(16)17(26)23-14-6-3-5-13(11-14)12-25-10-4-9-22-25/h1-11,24H,12H2,(H,23,26). The van der Waals surface area contributed by atoms with Gasteiger partial charge in [-0.3, -0.25) is 14.2 Å². The Bertz CT molecular complexity index is 1110. The van der Waals surface area contributed by atoms with Gasteiger partial charge in [0.25, 0.3) is 5.91 Å². The van der Waals surface area contributed by atoms with Gasteiger partial charge in [-0.2, -0.15) is 26.7 Å². The molecule has 0 radical (unpaired) electrons. The molecule has 0 saturated carbocycles. The number of carbonyl (C=O) groups is 1. The van der Waals surface area contributed by atoms with Crippen LogP contribution < -0.4 is 10.0 Å². The molecule has 0 aliphatic rings. The SMILES string of the molecule is O=C(Nc1cccc(Cn2cccn2)c1)c1ccccc1NS(=O)(=O)C(F)(F)F. The van der Waals surface area contributed by atoms with Gasteiger partial charge in [0.15, 0.2) is 0 Å². The summed E-state index contributed by atoms with van der Waals surface area (Å²) >= 11 is 0. The van der Waals surface area contributed by atoms with Crippen LogP contribution in [-0.2, 0) is 16.6 Å². The Balaban J connectivity index is 1.80. The number of amides is 1. The van der Waals surface area contributed by atoms with Crippen LogP contribution in [0.15, 0.2) is 67.0 Å². The number of aromatic nitrogens is 2. The molecule has 29 heavy (non-hydrogen) atoms. The fourth-order valence-electron chi connectivity index (χ4n) is 2.50. The van der Waals surface area contributed by atoms with Crippen molar-refractivity contribution in [2.75, 3.05) is 10.0 Å². The molecule has 152 valence electrons. The monoisotopic (exact) mass is 424 g/mol. The molecular weight excluding hydrogens is 409 g/mol. The Labute approximate surface area is 164 Å². The van der Waals surface area contributed by atoms with Crippen LogP contribution in [-0.4, -0.2) is 29.6 Å². The third-order valence-electron chi connectivity index (χ3n) is 3.81. The summed E-state index contributed by atoms with van der Waals surface area (Å²) in [6, 6.07) is 13.6. The van der Waals surface area contributed by atoms with Gasteiger partial charge in [0.2, 0.25) is 0 Å². The van der Waals surface area contributed by atoms with E-state index in [4.69, 9.17) is 0 Å². The van der Waals surface area contributed by atoms with Crippen molar-refractivity contribution in [3.8, 4) is 0 Å². The van der Waals surface area contributed by atoms with E-state index in [9.17, 15) is 26.4 Å². The summed E-state index contributed by atoms with van der Waals surface area (Å²) in [4.78, 5) is 12.6. The smallest absolute Gasteiger partial charge is 0.322 e. The van der Waals surface area contributed by atoms with Crippen LogP contribution in [0.1, 0.15) is 15.9 Å². The third kappa shape index (κ3) is 4.93. The lowest BCUT2D eigenvalue weighted by Gasteiger charge is -2.14. The van der Waals surface area contributed by atoms with E-state index >= 15 is 0 Å². The van der Waals surface area contributed by atoms with Gasteiger partial charge in [-0.05, 0) is 35.9 Å². The van der Waals surface area contributed by atoms with E-state index in [1.165, 1.54) is 22.9 Å². The van der Waals surface area contributed by atoms with Crippen LogP contribution in [0, 0.1) is 0 Å². The number of nitrogens with zero attached hydrogens (tertiary/aromatic N) is 2. The molecule has 11 heteroatoms. The maximum Gasteiger partial charge on any atom is 0.516 e. The van der Waals surface area contributed by atoms with Gasteiger partial charge in [-0.1, -0.05) is 24.3 Å². The molecule has 3 aromatic rings. The molecule has 0 aliphatic heterocycles. The van der Waals surface area contributed by atoms with E-state index in [0.717, 1.165) is 11.6 Å². The highest BCUT2D eigenvalue weighted by molar-refractivity contribution is 7.93. The first-order chi connectivity index (χ1) is 13.7. The molecule has 7 nitrogen and oxygen atoms in total. The Morgan fingerprint density at radius 3 is 2.52 bits per heavy atom. The van der Waals surface area contributed by atoms with E-state index in [2.05, 4.69) is 10.4 Å². The molecule has 2 aromatic carbocycles. The highest BCUT2D eigenvalue weighted by atomic mass is 32.2. The zero-order valence-corrected chi connectivity index (χ0v) is 15.5. The van der Waals surface area contributed by atoms with E-state index in [1.54, 1.807) is 41.3 Å². The first-order valence-corrected chi connectivity index (χ1v) is 9.70. The third-order valence-corrected chi connectivity index (χ3v) is 4.91. The average molecular weight is 424 g/mol. The lowest BCUT2D eigenvalue weighted by Crippen LogP contribution is -2.30. The molecule has 0 fully saturated rings. The molecule has 0 spiro atoms. The number of halogens is 3. The Morgan fingerprint density at radius 2 is 1.83 bits per heavy atom. The molecule has 0 atom stereocenters. The van der Waals surface area contributed by atoms with Gasteiger partial charge in [-0.15, -0.1) is 0 Å². The quantitative estimate of drug-likeness (QED) is 0.634. The molecule has 1 amide bonds. The number of hydrogen-bond donors (Lipinski definition) is 2. The second-order valence-corrected chi connectivity index (χ2v) is 7.63. The highest BCUT2D eigenvalue weighted by Crippen LogP contribution is 2.27. The zero-order valence-electron chi connectivity index (χ0n) is 14.7. The van der Waals surface area contributed by atoms with Crippen LogP contribution in [0.5, 0.6) is 0 Å². The van der Waals surface area contributed by atoms with E-state index < -0.39 is 27.1 Å². The summed E-state index contributed by atoms with van der Waals surface area (Å²) in [5.41, 5.74) is -5.00. The minimum absolute atomic E-state index is 0.252. The van der Waals surface area contributed by atoms with Crippen LogP contribution in [0.25, 0.3) is 0 Å². The number of anilines is 2. The number of alkyl halides is 3. The lowest BCUT2D eigenvalue weighted by atomic mass is 10.1. The largest absolute Gasteiger partial charge is 0.516 e. The number of sulfonamides is 1. The van der Waals surface area contributed by atoms with Gasteiger partial charge in [-0.25, -0.2) is 0 Å². The number of rotatable bonds is 6. The topological polar surface area (TPSA) is 93.1 Å². The van der Waals surface area contributed by atoms with E-state index in [0.29, 0.717) is 12.2 Å².